The number of hydrogen-bond donors (Lipinski definition) is 0. The fourth-order valence-corrected chi connectivity index (χ4v) is 2.81. The lowest BCUT2D eigenvalue weighted by molar-refractivity contribution is -0.127. The van der Waals surface area contributed by atoms with Crippen LogP contribution >= 0.6 is 11.3 Å². The summed E-state index contributed by atoms with van der Waals surface area (Å²) in [5.74, 6) is -0.0785. The summed E-state index contributed by atoms with van der Waals surface area (Å²) in [5, 5.41) is 9.31. The van der Waals surface area contributed by atoms with Crippen LogP contribution in [0, 0.1) is 6.92 Å². The lowest BCUT2D eigenvalue weighted by atomic mass is 10.2. The predicted molar refractivity (Wildman–Crippen MR) is 78.1 cm³/mol. The molecule has 3 heterocycles. The van der Waals surface area contributed by atoms with Crippen molar-refractivity contribution in [3.63, 3.8) is 0 Å². The number of anilines is 1. The van der Waals surface area contributed by atoms with E-state index in [9.17, 15) is 4.79 Å². The van der Waals surface area contributed by atoms with E-state index in [0.29, 0.717) is 22.4 Å². The minimum Gasteiger partial charge on any atom is -0.368 e. The van der Waals surface area contributed by atoms with Crippen LogP contribution < -0.4 is 4.90 Å². The molecule has 110 valence electrons. The Kier molecular flexibility index (Phi) is 3.89. The van der Waals surface area contributed by atoms with Crippen molar-refractivity contribution in [3.05, 3.63) is 18.1 Å². The Bertz CT molecular complexity index is 636. The molecule has 1 aliphatic heterocycles. The Morgan fingerprint density at radius 1 is 1.38 bits per heavy atom. The topological polar surface area (TPSA) is 81.1 Å². The summed E-state index contributed by atoms with van der Waals surface area (Å²) in [5.41, 5.74) is 1.50. The summed E-state index contributed by atoms with van der Waals surface area (Å²) in [4.78, 5) is 22.2. The summed E-state index contributed by atoms with van der Waals surface area (Å²) in [7, 11) is 1.69. The van der Waals surface area contributed by atoms with Crippen LogP contribution in [0.1, 0.15) is 18.5 Å². The molecule has 1 aliphatic rings. The maximum atomic E-state index is 12.2. The number of aryl methyl sites for hydroxylation is 1. The van der Waals surface area contributed by atoms with Gasteiger partial charge in [0.05, 0.1) is 11.9 Å². The van der Waals surface area contributed by atoms with Crippen molar-refractivity contribution < 1.29 is 9.53 Å². The fourth-order valence-electron chi connectivity index (χ4n) is 2.04. The van der Waals surface area contributed by atoms with Gasteiger partial charge >= 0.3 is 0 Å². The van der Waals surface area contributed by atoms with Gasteiger partial charge in [0.25, 0.3) is 5.91 Å². The number of carbonyl (C=O) groups excluding carboxylic acids is 1. The third-order valence-corrected chi connectivity index (χ3v) is 4.26. The SMILES string of the molecule is Cc1cnc(-c2nnc(N(C)C(=O)C3CCCO3)s2)cn1. The smallest absolute Gasteiger partial charge is 0.257 e. The van der Waals surface area contributed by atoms with Crippen LogP contribution in [0.4, 0.5) is 5.13 Å². The maximum Gasteiger partial charge on any atom is 0.257 e. The molecular weight excluding hydrogens is 290 g/mol. The van der Waals surface area contributed by atoms with Crippen molar-refractivity contribution in [1.29, 1.82) is 0 Å². The van der Waals surface area contributed by atoms with Gasteiger partial charge in [-0.25, -0.2) is 0 Å². The first kappa shape index (κ1) is 14.0. The highest BCUT2D eigenvalue weighted by atomic mass is 32.1. The van der Waals surface area contributed by atoms with Crippen LogP contribution in [0.5, 0.6) is 0 Å². The fraction of sp³-hybridized carbons (Fsp3) is 0.462. The number of likely N-dealkylation sites (N-methyl/N-ethyl adjacent to an activating group) is 1. The van der Waals surface area contributed by atoms with Gasteiger partial charge in [0, 0.05) is 19.9 Å². The van der Waals surface area contributed by atoms with Gasteiger partial charge in [-0.3, -0.25) is 19.7 Å². The van der Waals surface area contributed by atoms with Crippen LogP contribution in [0.2, 0.25) is 0 Å². The molecule has 21 heavy (non-hydrogen) atoms. The second-order valence-corrected chi connectivity index (χ2v) is 5.79. The third-order valence-electron chi connectivity index (χ3n) is 3.24. The number of hydrogen-bond acceptors (Lipinski definition) is 7. The molecule has 8 heteroatoms. The molecule has 1 saturated heterocycles. The molecule has 0 aromatic carbocycles. The third kappa shape index (κ3) is 2.91. The van der Waals surface area contributed by atoms with Gasteiger partial charge in [0.2, 0.25) is 5.13 Å². The van der Waals surface area contributed by atoms with Gasteiger partial charge in [-0.05, 0) is 19.8 Å². The number of amides is 1. The Morgan fingerprint density at radius 3 is 2.90 bits per heavy atom. The molecule has 1 amide bonds. The van der Waals surface area contributed by atoms with Crippen LogP contribution in [0.3, 0.4) is 0 Å². The molecule has 1 unspecified atom stereocenters. The van der Waals surface area contributed by atoms with Crippen molar-refractivity contribution >= 4 is 22.4 Å². The van der Waals surface area contributed by atoms with Crippen molar-refractivity contribution in [2.24, 2.45) is 0 Å². The Labute approximate surface area is 126 Å². The zero-order chi connectivity index (χ0) is 14.8. The average Bonchev–Trinajstić information content (AvgIpc) is 3.18. The zero-order valence-electron chi connectivity index (χ0n) is 11.8. The summed E-state index contributed by atoms with van der Waals surface area (Å²) >= 11 is 1.31. The summed E-state index contributed by atoms with van der Waals surface area (Å²) < 4.78 is 5.40. The molecule has 0 radical (unpaired) electrons. The molecular formula is C13H15N5O2S. The number of aromatic nitrogens is 4. The van der Waals surface area contributed by atoms with Crippen LogP contribution in [-0.4, -0.2) is 45.8 Å². The first-order valence-electron chi connectivity index (χ1n) is 6.67. The predicted octanol–water partition coefficient (Wildman–Crippen LogP) is 1.45. The van der Waals surface area contributed by atoms with Gasteiger partial charge in [-0.1, -0.05) is 11.3 Å². The number of nitrogens with zero attached hydrogens (tertiary/aromatic N) is 5. The molecule has 0 spiro atoms. The first-order valence-corrected chi connectivity index (χ1v) is 7.48. The van der Waals surface area contributed by atoms with Gasteiger partial charge in [-0.2, -0.15) is 0 Å². The Morgan fingerprint density at radius 2 is 2.24 bits per heavy atom. The van der Waals surface area contributed by atoms with Gasteiger partial charge in [-0.15, -0.1) is 10.2 Å². The molecule has 0 bridgehead atoms. The Balaban J connectivity index is 1.77. The van der Waals surface area contributed by atoms with E-state index in [4.69, 9.17) is 4.74 Å². The number of carbonyl (C=O) groups is 1. The quantitative estimate of drug-likeness (QED) is 0.853. The van der Waals surface area contributed by atoms with Crippen LogP contribution in [0.15, 0.2) is 12.4 Å². The average molecular weight is 305 g/mol. The van der Waals surface area contributed by atoms with Crippen LogP contribution in [-0.2, 0) is 9.53 Å². The Hall–Kier alpha value is -1.93. The van der Waals surface area contributed by atoms with Crippen molar-refractivity contribution in [2.75, 3.05) is 18.6 Å². The normalized spacial score (nSPS) is 17.9. The molecule has 1 fully saturated rings. The molecule has 3 rings (SSSR count). The van der Waals surface area contributed by atoms with E-state index in [1.165, 1.54) is 16.2 Å². The van der Waals surface area contributed by atoms with E-state index in [2.05, 4.69) is 20.2 Å². The van der Waals surface area contributed by atoms with Crippen molar-refractivity contribution in [2.45, 2.75) is 25.9 Å². The second-order valence-electron chi connectivity index (χ2n) is 4.83. The van der Waals surface area contributed by atoms with Crippen molar-refractivity contribution in [3.8, 4) is 10.7 Å². The molecule has 2 aromatic rings. The van der Waals surface area contributed by atoms with E-state index in [1.807, 2.05) is 6.92 Å². The highest BCUT2D eigenvalue weighted by Crippen LogP contribution is 2.27. The van der Waals surface area contributed by atoms with E-state index in [0.717, 1.165) is 18.5 Å². The molecule has 2 aromatic heterocycles. The molecule has 7 nitrogen and oxygen atoms in total. The van der Waals surface area contributed by atoms with Gasteiger partial charge in [0.15, 0.2) is 5.01 Å². The minimum atomic E-state index is -0.360. The summed E-state index contributed by atoms with van der Waals surface area (Å²) in [6, 6.07) is 0. The van der Waals surface area contributed by atoms with Gasteiger partial charge in [0.1, 0.15) is 11.8 Å². The molecule has 0 N–H and O–H groups in total. The monoisotopic (exact) mass is 305 g/mol. The number of rotatable bonds is 3. The summed E-state index contributed by atoms with van der Waals surface area (Å²) in [6.07, 6.45) is 4.66. The van der Waals surface area contributed by atoms with E-state index < -0.39 is 0 Å². The van der Waals surface area contributed by atoms with E-state index in [1.54, 1.807) is 19.4 Å². The zero-order valence-corrected chi connectivity index (χ0v) is 12.6. The second kappa shape index (κ2) is 5.82. The lowest BCUT2D eigenvalue weighted by Crippen LogP contribution is -2.35. The van der Waals surface area contributed by atoms with Gasteiger partial charge < -0.3 is 4.74 Å². The van der Waals surface area contributed by atoms with Crippen molar-refractivity contribution in [1.82, 2.24) is 20.2 Å². The number of ether oxygens (including phenoxy) is 1. The van der Waals surface area contributed by atoms with E-state index in [-0.39, 0.29) is 12.0 Å². The largest absolute Gasteiger partial charge is 0.368 e. The minimum absolute atomic E-state index is 0.0785. The van der Waals surface area contributed by atoms with E-state index >= 15 is 0 Å². The standard InChI is InChI=1S/C13H15N5O2S/c1-8-6-15-9(7-14-8)11-16-17-13(21-11)18(2)12(19)10-4-3-5-20-10/h6-7,10H,3-5H2,1-2H3. The first-order chi connectivity index (χ1) is 10.1. The molecule has 0 saturated carbocycles. The molecule has 0 aliphatic carbocycles. The highest BCUT2D eigenvalue weighted by Gasteiger charge is 2.28. The lowest BCUT2D eigenvalue weighted by Gasteiger charge is -2.16. The maximum absolute atomic E-state index is 12.2. The molecule has 1 atom stereocenters. The summed E-state index contributed by atoms with van der Waals surface area (Å²) in [6.45, 7) is 2.51. The highest BCUT2D eigenvalue weighted by molar-refractivity contribution is 7.18. The van der Waals surface area contributed by atoms with Crippen LogP contribution in [0.25, 0.3) is 10.7 Å².